The lowest BCUT2D eigenvalue weighted by atomic mass is 10.1. The van der Waals surface area contributed by atoms with Crippen LogP contribution in [0.5, 0.6) is 11.5 Å². The molecule has 1 N–H and O–H groups in total. The molecule has 0 fully saturated rings. The van der Waals surface area contributed by atoms with E-state index in [0.29, 0.717) is 29.9 Å². The van der Waals surface area contributed by atoms with E-state index >= 15 is 0 Å². The Hall–Kier alpha value is -1.77. The van der Waals surface area contributed by atoms with E-state index in [4.69, 9.17) is 4.74 Å². The Bertz CT molecular complexity index is 429. The summed E-state index contributed by atoms with van der Waals surface area (Å²) in [6, 6.07) is 3.24. The van der Waals surface area contributed by atoms with E-state index in [-0.39, 0.29) is 5.75 Å². The third-order valence-corrected chi connectivity index (χ3v) is 2.34. The van der Waals surface area contributed by atoms with E-state index in [1.807, 2.05) is 26.8 Å². The number of hydrogen-bond acceptors (Lipinski definition) is 3. The number of phenols is 1. The van der Waals surface area contributed by atoms with Crippen LogP contribution in [0, 0.1) is 0 Å². The van der Waals surface area contributed by atoms with E-state index in [1.165, 1.54) is 5.57 Å². The van der Waals surface area contributed by atoms with Gasteiger partial charge < -0.3 is 9.84 Å². The number of carbonyl (C=O) groups excluding carboxylic acids is 1. The number of ether oxygens (including phenoxy) is 1. The van der Waals surface area contributed by atoms with Crippen LogP contribution in [-0.4, -0.2) is 18.0 Å². The first-order valence-corrected chi connectivity index (χ1v) is 5.65. The summed E-state index contributed by atoms with van der Waals surface area (Å²) in [7, 11) is 0. The fourth-order valence-corrected chi connectivity index (χ4v) is 1.49. The number of hydrogen-bond donors (Lipinski definition) is 1. The molecule has 92 valence electrons. The molecule has 0 saturated carbocycles. The molecule has 17 heavy (non-hydrogen) atoms. The van der Waals surface area contributed by atoms with Crippen LogP contribution < -0.4 is 4.74 Å². The molecular formula is C14H18O3. The number of aromatic hydroxyl groups is 1. The Labute approximate surface area is 102 Å². The molecule has 1 rings (SSSR count). The molecule has 0 aliphatic rings. The zero-order valence-corrected chi connectivity index (χ0v) is 10.5. The van der Waals surface area contributed by atoms with Crippen LogP contribution in [0.4, 0.5) is 0 Å². The van der Waals surface area contributed by atoms with Gasteiger partial charge in [-0.15, -0.1) is 0 Å². The summed E-state index contributed by atoms with van der Waals surface area (Å²) in [5, 5.41) is 9.98. The van der Waals surface area contributed by atoms with Crippen molar-refractivity contribution in [2.75, 3.05) is 6.61 Å². The summed E-state index contributed by atoms with van der Waals surface area (Å²) in [6.45, 7) is 6.27. The molecular weight excluding hydrogens is 216 g/mol. The molecule has 0 aliphatic carbocycles. The highest BCUT2D eigenvalue weighted by molar-refractivity contribution is 5.77. The van der Waals surface area contributed by atoms with Gasteiger partial charge in [-0.3, -0.25) is 4.79 Å². The average Bonchev–Trinajstić information content (AvgIpc) is 2.30. The third kappa shape index (κ3) is 3.63. The lowest BCUT2D eigenvalue weighted by Crippen LogP contribution is -1.96. The second-order valence-electron chi connectivity index (χ2n) is 4.06. The van der Waals surface area contributed by atoms with Gasteiger partial charge in [0.25, 0.3) is 0 Å². The molecule has 0 atom stereocenters. The van der Waals surface area contributed by atoms with Gasteiger partial charge in [-0.25, -0.2) is 0 Å². The van der Waals surface area contributed by atoms with Crippen molar-refractivity contribution < 1.29 is 14.6 Å². The minimum absolute atomic E-state index is 0.120. The summed E-state index contributed by atoms with van der Waals surface area (Å²) in [5.41, 5.74) is 2.39. The number of benzene rings is 1. The van der Waals surface area contributed by atoms with Crippen LogP contribution in [0.1, 0.15) is 36.7 Å². The number of carbonyl (C=O) groups is 1. The maximum Gasteiger partial charge on any atom is 0.161 e. The molecule has 1 aromatic carbocycles. The largest absolute Gasteiger partial charge is 0.504 e. The lowest BCUT2D eigenvalue weighted by Gasteiger charge is -2.10. The number of phenolic OH excluding ortho intramolecular Hbond substituents is 1. The molecule has 0 aliphatic heterocycles. The van der Waals surface area contributed by atoms with E-state index in [0.717, 1.165) is 6.29 Å². The SMILES string of the molecule is CCOc1cc(C=O)cc(CC=C(C)C)c1O. The van der Waals surface area contributed by atoms with Crippen molar-refractivity contribution in [2.24, 2.45) is 0 Å². The summed E-state index contributed by atoms with van der Waals surface area (Å²) in [6.07, 6.45) is 3.35. The van der Waals surface area contributed by atoms with Gasteiger partial charge in [-0.1, -0.05) is 11.6 Å². The van der Waals surface area contributed by atoms with Gasteiger partial charge in [0.05, 0.1) is 6.61 Å². The first kappa shape index (κ1) is 13.3. The Morgan fingerprint density at radius 3 is 2.65 bits per heavy atom. The van der Waals surface area contributed by atoms with Crippen molar-refractivity contribution in [3.05, 3.63) is 34.9 Å². The zero-order valence-electron chi connectivity index (χ0n) is 10.5. The van der Waals surface area contributed by atoms with Crippen molar-refractivity contribution in [1.29, 1.82) is 0 Å². The van der Waals surface area contributed by atoms with Crippen LogP contribution in [0.3, 0.4) is 0 Å². The monoisotopic (exact) mass is 234 g/mol. The van der Waals surface area contributed by atoms with Crippen LogP contribution in [0.15, 0.2) is 23.8 Å². The van der Waals surface area contributed by atoms with Gasteiger partial charge in [-0.05, 0) is 39.3 Å². The molecule has 3 heteroatoms. The quantitative estimate of drug-likeness (QED) is 0.629. The van der Waals surface area contributed by atoms with E-state index in [9.17, 15) is 9.90 Å². The summed E-state index contributed by atoms with van der Waals surface area (Å²) >= 11 is 0. The molecule has 0 heterocycles. The highest BCUT2D eigenvalue weighted by Crippen LogP contribution is 2.32. The predicted molar refractivity (Wildman–Crippen MR) is 67.8 cm³/mol. The number of rotatable bonds is 5. The Kier molecular flexibility index (Phi) is 4.76. The van der Waals surface area contributed by atoms with Crippen LogP contribution in [0.2, 0.25) is 0 Å². The Morgan fingerprint density at radius 2 is 2.12 bits per heavy atom. The van der Waals surface area contributed by atoms with Crippen molar-refractivity contribution in [2.45, 2.75) is 27.2 Å². The maximum atomic E-state index is 10.8. The third-order valence-electron chi connectivity index (χ3n) is 2.34. The van der Waals surface area contributed by atoms with Crippen molar-refractivity contribution in [3.63, 3.8) is 0 Å². The van der Waals surface area contributed by atoms with E-state index in [1.54, 1.807) is 12.1 Å². The van der Waals surface area contributed by atoms with Gasteiger partial charge in [0, 0.05) is 11.1 Å². The van der Waals surface area contributed by atoms with Gasteiger partial charge in [0.2, 0.25) is 0 Å². The Morgan fingerprint density at radius 1 is 1.41 bits per heavy atom. The summed E-state index contributed by atoms with van der Waals surface area (Å²) < 4.78 is 5.30. The molecule has 3 nitrogen and oxygen atoms in total. The van der Waals surface area contributed by atoms with Crippen molar-refractivity contribution >= 4 is 6.29 Å². The van der Waals surface area contributed by atoms with Crippen molar-refractivity contribution in [3.8, 4) is 11.5 Å². The standard InChI is InChI=1S/C14H18O3/c1-4-17-13-8-11(9-15)7-12(14(13)16)6-5-10(2)3/h5,7-9,16H,4,6H2,1-3H3. The summed E-state index contributed by atoms with van der Waals surface area (Å²) in [4.78, 5) is 10.8. The zero-order chi connectivity index (χ0) is 12.8. The van der Waals surface area contributed by atoms with Crippen LogP contribution in [0.25, 0.3) is 0 Å². The topological polar surface area (TPSA) is 46.5 Å². The number of aldehydes is 1. The normalized spacial score (nSPS) is 9.82. The first-order chi connectivity index (χ1) is 8.08. The fourth-order valence-electron chi connectivity index (χ4n) is 1.49. The Balaban J connectivity index is 3.13. The van der Waals surface area contributed by atoms with E-state index in [2.05, 4.69) is 0 Å². The smallest absolute Gasteiger partial charge is 0.161 e. The second-order valence-corrected chi connectivity index (χ2v) is 4.06. The molecule has 1 aromatic rings. The minimum atomic E-state index is 0.120. The first-order valence-electron chi connectivity index (χ1n) is 5.65. The highest BCUT2D eigenvalue weighted by atomic mass is 16.5. The van der Waals surface area contributed by atoms with Crippen LogP contribution in [-0.2, 0) is 6.42 Å². The number of allylic oxidation sites excluding steroid dienone is 2. The van der Waals surface area contributed by atoms with Gasteiger partial charge >= 0.3 is 0 Å². The second kappa shape index (κ2) is 6.09. The molecule has 0 saturated heterocycles. The van der Waals surface area contributed by atoms with Gasteiger partial charge in [0.15, 0.2) is 11.5 Å². The predicted octanol–water partition coefficient (Wildman–Crippen LogP) is 3.11. The lowest BCUT2D eigenvalue weighted by molar-refractivity contribution is 0.112. The average molecular weight is 234 g/mol. The molecule has 0 radical (unpaired) electrons. The van der Waals surface area contributed by atoms with Gasteiger partial charge in [0.1, 0.15) is 6.29 Å². The summed E-state index contributed by atoms with van der Waals surface area (Å²) in [5.74, 6) is 0.490. The van der Waals surface area contributed by atoms with E-state index < -0.39 is 0 Å². The fraction of sp³-hybridized carbons (Fsp3) is 0.357. The van der Waals surface area contributed by atoms with Crippen LogP contribution >= 0.6 is 0 Å². The molecule has 0 unspecified atom stereocenters. The van der Waals surface area contributed by atoms with Gasteiger partial charge in [-0.2, -0.15) is 0 Å². The highest BCUT2D eigenvalue weighted by Gasteiger charge is 2.09. The maximum absolute atomic E-state index is 10.8. The molecule has 0 bridgehead atoms. The molecule has 0 amide bonds. The minimum Gasteiger partial charge on any atom is -0.504 e. The molecule has 0 aromatic heterocycles. The van der Waals surface area contributed by atoms with Crippen molar-refractivity contribution in [1.82, 2.24) is 0 Å². The molecule has 0 spiro atoms.